The molecule has 0 atom stereocenters. The molecular formula is C92H68N10O4. The molecule has 10 aromatic carbocycles. The van der Waals surface area contributed by atoms with Gasteiger partial charge in [0.1, 0.15) is 0 Å². The SMILES string of the molecule is CN(C(=O)c1cc(C(=O)N(C)c2ccc(-c3ccccn3)cc2)cc(-c2ccccc2-c2ccc(-c3ccnc(-c4ccc(-c5ccccc5-c5cc(C(=O)N(C)c6ccc(-c7ccccn7)cc6)cc(C(=O)N(C)c6ccc(-c7ccccn7)cc6)c5)cc4)n3)cc2)c1)c1ccc(-c2ccccn2)cc1. The predicted molar refractivity (Wildman–Crippen MR) is 424 cm³/mol. The summed E-state index contributed by atoms with van der Waals surface area (Å²) in [4.78, 5) is 93.5. The van der Waals surface area contributed by atoms with Crippen LogP contribution in [0.3, 0.4) is 0 Å². The molecule has 5 aromatic heterocycles. The van der Waals surface area contributed by atoms with E-state index in [1.165, 1.54) is 0 Å². The average molecular weight is 1380 g/mol. The van der Waals surface area contributed by atoms with Crippen LogP contribution in [0.15, 0.2) is 340 Å². The number of carbonyl (C=O) groups is 4. The third-order valence-electron chi connectivity index (χ3n) is 19.0. The molecule has 0 fully saturated rings. The van der Waals surface area contributed by atoms with Crippen LogP contribution in [0.5, 0.6) is 0 Å². The van der Waals surface area contributed by atoms with Crippen molar-refractivity contribution in [2.24, 2.45) is 0 Å². The first-order chi connectivity index (χ1) is 51.8. The van der Waals surface area contributed by atoms with Crippen molar-refractivity contribution in [3.63, 3.8) is 0 Å². The number of amides is 4. The van der Waals surface area contributed by atoms with Crippen LogP contribution < -0.4 is 19.6 Å². The maximum atomic E-state index is 14.8. The quantitative estimate of drug-likeness (QED) is 0.0809. The van der Waals surface area contributed by atoms with Crippen LogP contribution in [0.1, 0.15) is 41.4 Å². The summed E-state index contributed by atoms with van der Waals surface area (Å²) in [6.45, 7) is 0. The maximum absolute atomic E-state index is 14.8. The van der Waals surface area contributed by atoms with Gasteiger partial charge >= 0.3 is 0 Å². The van der Waals surface area contributed by atoms with E-state index in [1.807, 2.05) is 285 Å². The molecule has 0 N–H and O–H groups in total. The van der Waals surface area contributed by atoms with Gasteiger partial charge in [-0.25, -0.2) is 9.97 Å². The molecule has 14 nitrogen and oxygen atoms in total. The summed E-state index contributed by atoms with van der Waals surface area (Å²) in [5, 5.41) is 0. The Bertz CT molecular complexity index is 5110. The van der Waals surface area contributed by atoms with Crippen molar-refractivity contribution in [2.75, 3.05) is 47.8 Å². The van der Waals surface area contributed by atoms with Crippen molar-refractivity contribution in [1.29, 1.82) is 0 Å². The highest BCUT2D eigenvalue weighted by Crippen LogP contribution is 2.39. The lowest BCUT2D eigenvalue weighted by Gasteiger charge is -2.21. The van der Waals surface area contributed by atoms with Crippen LogP contribution in [-0.4, -0.2) is 81.7 Å². The zero-order valence-electron chi connectivity index (χ0n) is 58.4. The molecule has 14 heteroatoms. The van der Waals surface area contributed by atoms with E-state index in [1.54, 1.807) is 90.9 Å². The normalized spacial score (nSPS) is 11.0. The third-order valence-corrected chi connectivity index (χ3v) is 19.0. The number of rotatable bonds is 18. The standard InChI is InChI=1S/C92H68N10O4/c1-99(75-41-33-63(34-42-75)83-21-9-13-50-93-83)89(103)71-55-69(56-72(59-71)90(104)100(2)76-43-35-64(36-44-76)84-22-10-14-51-94-84)81-19-7-5-17-79(81)61-25-29-67(30-26-61)87-49-54-97-88(98-87)68-31-27-62(28-32-68)80-18-6-8-20-82(80)70-57-73(91(105)101(3)77-45-37-65(38-46-77)85-23-11-15-52-95-85)60-74(58-70)92(106)102(4)78-47-39-66(40-48-78)86-24-12-16-53-96-86/h5-60H,1-4H3. The largest absolute Gasteiger partial charge is 0.311 e. The van der Waals surface area contributed by atoms with Gasteiger partial charge in [0.25, 0.3) is 23.6 Å². The smallest absolute Gasteiger partial charge is 0.258 e. The number of anilines is 4. The molecule has 5 heterocycles. The molecule has 15 aromatic rings. The summed E-state index contributed by atoms with van der Waals surface area (Å²) < 4.78 is 0. The molecule has 15 rings (SSSR count). The number of nitrogens with zero attached hydrogens (tertiary/aromatic N) is 10. The van der Waals surface area contributed by atoms with Gasteiger partial charge in [-0.2, -0.15) is 0 Å². The molecular weight excluding hydrogens is 1310 g/mol. The topological polar surface area (TPSA) is 159 Å². The van der Waals surface area contributed by atoms with E-state index in [4.69, 9.17) is 9.97 Å². The summed E-state index contributed by atoms with van der Waals surface area (Å²) in [7, 11) is 6.95. The Morgan fingerprint density at radius 3 is 0.745 bits per heavy atom. The Morgan fingerprint density at radius 1 is 0.217 bits per heavy atom. The van der Waals surface area contributed by atoms with Crippen molar-refractivity contribution < 1.29 is 19.2 Å². The van der Waals surface area contributed by atoms with Crippen LogP contribution in [0.4, 0.5) is 22.7 Å². The first kappa shape index (κ1) is 67.6. The molecule has 0 saturated heterocycles. The van der Waals surface area contributed by atoms with Crippen LogP contribution in [0.25, 0.3) is 112 Å². The zero-order valence-corrected chi connectivity index (χ0v) is 58.4. The van der Waals surface area contributed by atoms with E-state index < -0.39 is 0 Å². The Morgan fingerprint density at radius 2 is 0.462 bits per heavy atom. The molecule has 0 radical (unpaired) electrons. The van der Waals surface area contributed by atoms with Gasteiger partial charge in [0.05, 0.1) is 28.5 Å². The molecule has 0 bridgehead atoms. The maximum Gasteiger partial charge on any atom is 0.258 e. The van der Waals surface area contributed by atoms with Gasteiger partial charge in [-0.3, -0.25) is 39.1 Å². The van der Waals surface area contributed by atoms with Crippen molar-refractivity contribution >= 4 is 46.4 Å². The number of hydrogen-bond donors (Lipinski definition) is 0. The molecule has 0 unspecified atom stereocenters. The van der Waals surface area contributed by atoms with E-state index >= 15 is 0 Å². The van der Waals surface area contributed by atoms with Crippen LogP contribution in [0, 0.1) is 0 Å². The number of benzene rings is 10. The van der Waals surface area contributed by atoms with Crippen LogP contribution in [-0.2, 0) is 0 Å². The fraction of sp³-hybridized carbons (Fsp3) is 0.0435. The molecule has 0 aliphatic rings. The zero-order chi connectivity index (χ0) is 72.6. The van der Waals surface area contributed by atoms with Gasteiger partial charge in [0.2, 0.25) is 0 Å². The Kier molecular flexibility index (Phi) is 19.2. The minimum Gasteiger partial charge on any atom is -0.311 e. The predicted octanol–water partition coefficient (Wildman–Crippen LogP) is 19.8. The molecule has 0 spiro atoms. The van der Waals surface area contributed by atoms with Gasteiger partial charge in [-0.15, -0.1) is 0 Å². The van der Waals surface area contributed by atoms with Crippen LogP contribution in [0.2, 0.25) is 0 Å². The second-order valence-electron chi connectivity index (χ2n) is 25.6. The van der Waals surface area contributed by atoms with Crippen molar-refractivity contribution in [3.05, 3.63) is 363 Å². The van der Waals surface area contributed by atoms with Crippen molar-refractivity contribution in [3.8, 4) is 112 Å². The van der Waals surface area contributed by atoms with Gasteiger partial charge in [0.15, 0.2) is 5.82 Å². The minimum absolute atomic E-state index is 0.289. The molecule has 0 aliphatic carbocycles. The summed E-state index contributed by atoms with van der Waals surface area (Å²) in [5.74, 6) is -0.626. The summed E-state index contributed by atoms with van der Waals surface area (Å²) in [6.07, 6.45) is 8.77. The fourth-order valence-electron chi connectivity index (χ4n) is 13.1. The highest BCUT2D eigenvalue weighted by Gasteiger charge is 2.25. The van der Waals surface area contributed by atoms with Gasteiger partial charge in [-0.1, -0.05) is 170 Å². The summed E-state index contributed by atoms with van der Waals surface area (Å²) in [6, 6.07) is 98.7. The van der Waals surface area contributed by atoms with Crippen molar-refractivity contribution in [2.45, 2.75) is 0 Å². The lowest BCUT2D eigenvalue weighted by molar-refractivity contribution is 0.0978. The molecule has 510 valence electrons. The van der Waals surface area contributed by atoms with E-state index in [0.717, 1.165) is 95.2 Å². The average Bonchev–Trinajstić information content (AvgIpc) is 0.782. The molecule has 0 saturated carbocycles. The molecule has 0 aliphatic heterocycles. The molecule has 106 heavy (non-hydrogen) atoms. The number of carbonyl (C=O) groups excluding carboxylic acids is 4. The van der Waals surface area contributed by atoms with E-state index in [0.29, 0.717) is 62.0 Å². The lowest BCUT2D eigenvalue weighted by Crippen LogP contribution is -2.28. The van der Waals surface area contributed by atoms with E-state index in [-0.39, 0.29) is 23.6 Å². The first-order valence-electron chi connectivity index (χ1n) is 34.6. The van der Waals surface area contributed by atoms with E-state index in [9.17, 15) is 19.2 Å². The number of pyridine rings is 4. The Balaban J connectivity index is 0.704. The lowest BCUT2D eigenvalue weighted by atomic mass is 9.91. The first-order valence-corrected chi connectivity index (χ1v) is 34.6. The monoisotopic (exact) mass is 1380 g/mol. The molecule has 4 amide bonds. The highest BCUT2D eigenvalue weighted by atomic mass is 16.2. The van der Waals surface area contributed by atoms with E-state index in [2.05, 4.69) is 32.1 Å². The van der Waals surface area contributed by atoms with Gasteiger partial charge in [0, 0.05) is 138 Å². The van der Waals surface area contributed by atoms with Crippen LogP contribution >= 0.6 is 0 Å². The van der Waals surface area contributed by atoms with Gasteiger partial charge in [-0.05, 0) is 184 Å². The summed E-state index contributed by atoms with van der Waals surface area (Å²) in [5.41, 5.74) is 20.1. The second-order valence-corrected chi connectivity index (χ2v) is 25.6. The Hall–Kier alpha value is -14.2. The number of hydrogen-bond acceptors (Lipinski definition) is 10. The van der Waals surface area contributed by atoms with Crippen molar-refractivity contribution in [1.82, 2.24) is 29.9 Å². The highest BCUT2D eigenvalue weighted by molar-refractivity contribution is 6.13. The minimum atomic E-state index is -0.291. The Labute approximate surface area is 614 Å². The second kappa shape index (κ2) is 30.1. The summed E-state index contributed by atoms with van der Waals surface area (Å²) >= 11 is 0. The third kappa shape index (κ3) is 14.4. The fourth-order valence-corrected chi connectivity index (χ4v) is 13.1. The van der Waals surface area contributed by atoms with Gasteiger partial charge < -0.3 is 19.6 Å². The number of aromatic nitrogens is 6.